The van der Waals surface area contributed by atoms with E-state index in [9.17, 15) is 4.79 Å². The van der Waals surface area contributed by atoms with Crippen molar-refractivity contribution in [2.75, 3.05) is 5.32 Å². The van der Waals surface area contributed by atoms with Gasteiger partial charge in [0.25, 0.3) is 0 Å². The molecule has 0 bridgehead atoms. The van der Waals surface area contributed by atoms with E-state index in [4.69, 9.17) is 27.6 Å². The summed E-state index contributed by atoms with van der Waals surface area (Å²) in [5, 5.41) is 3.85. The maximum absolute atomic E-state index is 12.3. The summed E-state index contributed by atoms with van der Waals surface area (Å²) in [5.41, 5.74) is 3.71. The minimum atomic E-state index is -0.210. The van der Waals surface area contributed by atoms with Gasteiger partial charge in [-0.1, -0.05) is 54.4 Å². The number of anilines is 1. The fraction of sp³-hybridized carbons (Fsp3) is 0.136. The number of halogens is 2. The Hall–Kier alpha value is -2.49. The molecule has 0 fully saturated rings. The van der Waals surface area contributed by atoms with Gasteiger partial charge in [0.2, 0.25) is 5.91 Å². The highest BCUT2D eigenvalue weighted by molar-refractivity contribution is 6.43. The van der Waals surface area contributed by atoms with Crippen molar-refractivity contribution in [1.29, 1.82) is 0 Å². The topological polar surface area (TPSA) is 42.2 Å². The number of para-hydroxylation sites is 1. The van der Waals surface area contributed by atoms with Gasteiger partial charge in [-0.3, -0.25) is 4.79 Å². The van der Waals surface area contributed by atoms with E-state index in [1.54, 1.807) is 24.3 Å². The molecule has 0 atom stereocenters. The van der Waals surface area contributed by atoms with E-state index in [2.05, 4.69) is 12.2 Å². The molecule has 0 aliphatic heterocycles. The quantitative estimate of drug-likeness (QED) is 0.480. The zero-order valence-electron chi connectivity index (χ0n) is 15.1. The molecule has 0 unspecified atom stereocenters. The summed E-state index contributed by atoms with van der Waals surface area (Å²) in [6.45, 7) is 4.04. The van der Waals surface area contributed by atoms with Crippen molar-refractivity contribution in [1.82, 2.24) is 0 Å². The van der Waals surface area contributed by atoms with E-state index in [1.807, 2.05) is 37.3 Å². The van der Waals surface area contributed by atoms with Gasteiger partial charge in [0.05, 0.1) is 10.0 Å². The summed E-state index contributed by atoms with van der Waals surface area (Å²) in [5.74, 6) is 0.934. The molecular formula is C22H19Cl2NO2. The maximum atomic E-state index is 12.3. The summed E-state index contributed by atoms with van der Waals surface area (Å²) in [6.07, 6.45) is 3.93. The molecule has 0 spiro atoms. The van der Waals surface area contributed by atoms with Crippen molar-refractivity contribution in [3.63, 3.8) is 0 Å². The number of hydrogen-bond donors (Lipinski definition) is 1. The summed E-state index contributed by atoms with van der Waals surface area (Å²) >= 11 is 12.3. The lowest BCUT2D eigenvalue weighted by molar-refractivity contribution is -0.111. The number of hydrogen-bond acceptors (Lipinski definition) is 2. The molecule has 0 radical (unpaired) electrons. The van der Waals surface area contributed by atoms with Crippen LogP contribution in [0, 0.1) is 6.92 Å². The first-order valence-corrected chi connectivity index (χ1v) is 9.37. The molecule has 3 nitrogen and oxygen atoms in total. The van der Waals surface area contributed by atoms with Gasteiger partial charge < -0.3 is 9.73 Å². The molecule has 138 valence electrons. The molecule has 5 heteroatoms. The van der Waals surface area contributed by atoms with Crippen LogP contribution in [-0.2, 0) is 11.2 Å². The van der Waals surface area contributed by atoms with Gasteiger partial charge >= 0.3 is 0 Å². The first-order valence-electron chi connectivity index (χ1n) is 8.61. The number of nitrogens with one attached hydrogen (secondary N) is 1. The molecule has 0 aliphatic rings. The predicted octanol–water partition coefficient (Wildman–Crippen LogP) is 6.78. The van der Waals surface area contributed by atoms with Crippen molar-refractivity contribution in [3.05, 3.63) is 81.5 Å². The van der Waals surface area contributed by atoms with Crippen LogP contribution in [0.2, 0.25) is 10.0 Å². The largest absolute Gasteiger partial charge is 0.457 e. The van der Waals surface area contributed by atoms with E-state index in [-0.39, 0.29) is 5.91 Å². The van der Waals surface area contributed by atoms with Crippen molar-refractivity contribution >= 4 is 40.9 Å². The molecule has 1 N–H and O–H groups in total. The first kappa shape index (κ1) is 19.3. The standard InChI is InChI=1S/C22H19Cl2NO2/c1-3-15-7-4-6-14(2)22(15)25-20(26)13-11-16-10-12-19(27-16)17-8-5-9-18(23)21(17)24/h4-13H,3H2,1-2H3,(H,25,26). The second-order valence-corrected chi connectivity index (χ2v) is 6.87. The van der Waals surface area contributed by atoms with Crippen molar-refractivity contribution in [3.8, 4) is 11.3 Å². The molecule has 3 aromatic rings. The monoisotopic (exact) mass is 399 g/mol. The molecule has 1 heterocycles. The summed E-state index contributed by atoms with van der Waals surface area (Å²) in [7, 11) is 0. The van der Waals surface area contributed by atoms with Gasteiger partial charge in [0, 0.05) is 17.3 Å². The van der Waals surface area contributed by atoms with Gasteiger partial charge in [-0.25, -0.2) is 0 Å². The molecule has 2 aromatic carbocycles. The van der Waals surface area contributed by atoms with E-state index in [1.165, 1.54) is 6.08 Å². The number of carbonyl (C=O) groups excluding carboxylic acids is 1. The van der Waals surface area contributed by atoms with Gasteiger partial charge in [-0.15, -0.1) is 0 Å². The van der Waals surface area contributed by atoms with Crippen LogP contribution in [0.15, 0.2) is 59.0 Å². The van der Waals surface area contributed by atoms with Crippen LogP contribution in [0.5, 0.6) is 0 Å². The highest BCUT2D eigenvalue weighted by Gasteiger charge is 2.11. The average Bonchev–Trinajstić information content (AvgIpc) is 3.12. The van der Waals surface area contributed by atoms with Gasteiger partial charge in [0.1, 0.15) is 11.5 Å². The lowest BCUT2D eigenvalue weighted by atomic mass is 10.1. The fourth-order valence-electron chi connectivity index (χ4n) is 2.81. The smallest absolute Gasteiger partial charge is 0.248 e. The Morgan fingerprint density at radius 3 is 2.67 bits per heavy atom. The highest BCUT2D eigenvalue weighted by atomic mass is 35.5. The molecule has 1 amide bonds. The Kier molecular flexibility index (Phi) is 6.04. The van der Waals surface area contributed by atoms with Crippen LogP contribution < -0.4 is 5.32 Å². The van der Waals surface area contributed by atoms with Crippen molar-refractivity contribution in [2.45, 2.75) is 20.3 Å². The fourth-order valence-corrected chi connectivity index (χ4v) is 3.20. The van der Waals surface area contributed by atoms with Crippen LogP contribution in [0.3, 0.4) is 0 Å². The zero-order chi connectivity index (χ0) is 19.4. The molecular weight excluding hydrogens is 381 g/mol. The van der Waals surface area contributed by atoms with Crippen molar-refractivity contribution in [2.24, 2.45) is 0 Å². The Morgan fingerprint density at radius 2 is 1.89 bits per heavy atom. The van der Waals surface area contributed by atoms with E-state index >= 15 is 0 Å². The number of benzene rings is 2. The summed E-state index contributed by atoms with van der Waals surface area (Å²) in [6, 6.07) is 14.9. The van der Waals surface area contributed by atoms with Crippen molar-refractivity contribution < 1.29 is 9.21 Å². The van der Waals surface area contributed by atoms with E-state index < -0.39 is 0 Å². The van der Waals surface area contributed by atoms with Crippen LogP contribution in [0.25, 0.3) is 17.4 Å². The van der Waals surface area contributed by atoms with Crippen LogP contribution >= 0.6 is 23.2 Å². The lowest BCUT2D eigenvalue weighted by Crippen LogP contribution is -2.10. The summed E-state index contributed by atoms with van der Waals surface area (Å²) in [4.78, 5) is 12.3. The maximum Gasteiger partial charge on any atom is 0.248 e. The van der Waals surface area contributed by atoms with Crippen LogP contribution in [-0.4, -0.2) is 5.91 Å². The first-order chi connectivity index (χ1) is 13.0. The minimum Gasteiger partial charge on any atom is -0.457 e. The molecule has 1 aromatic heterocycles. The van der Waals surface area contributed by atoms with Crippen LogP contribution in [0.1, 0.15) is 23.8 Å². The molecule has 0 aliphatic carbocycles. The Morgan fingerprint density at radius 1 is 1.11 bits per heavy atom. The SMILES string of the molecule is CCc1cccc(C)c1NC(=O)C=Cc1ccc(-c2cccc(Cl)c2Cl)o1. The van der Waals surface area contributed by atoms with E-state index in [0.717, 1.165) is 23.2 Å². The third kappa shape index (κ3) is 4.44. The lowest BCUT2D eigenvalue weighted by Gasteiger charge is -2.11. The summed E-state index contributed by atoms with van der Waals surface area (Å²) < 4.78 is 5.76. The number of aryl methyl sites for hydroxylation is 2. The third-order valence-electron chi connectivity index (χ3n) is 4.23. The number of carbonyl (C=O) groups is 1. The minimum absolute atomic E-state index is 0.210. The van der Waals surface area contributed by atoms with Gasteiger partial charge in [-0.2, -0.15) is 0 Å². The molecule has 0 saturated carbocycles. The normalized spacial score (nSPS) is 11.1. The predicted molar refractivity (Wildman–Crippen MR) is 112 cm³/mol. The van der Waals surface area contributed by atoms with Gasteiger partial charge in [-0.05, 0) is 54.8 Å². The number of rotatable bonds is 5. The third-order valence-corrected chi connectivity index (χ3v) is 5.05. The second-order valence-electron chi connectivity index (χ2n) is 6.09. The molecule has 3 rings (SSSR count). The second kappa shape index (κ2) is 8.47. The molecule has 0 saturated heterocycles. The molecule has 27 heavy (non-hydrogen) atoms. The van der Waals surface area contributed by atoms with Crippen LogP contribution in [0.4, 0.5) is 5.69 Å². The van der Waals surface area contributed by atoms with E-state index in [0.29, 0.717) is 27.1 Å². The highest BCUT2D eigenvalue weighted by Crippen LogP contribution is 2.34. The van der Waals surface area contributed by atoms with Gasteiger partial charge in [0.15, 0.2) is 0 Å². The average molecular weight is 400 g/mol. The number of amides is 1. The number of furan rings is 1. The Bertz CT molecular complexity index is 1010. The zero-order valence-corrected chi connectivity index (χ0v) is 16.6. The Balaban J connectivity index is 1.75. The Labute approximate surface area is 168 Å².